The van der Waals surface area contributed by atoms with E-state index in [1.807, 2.05) is 12.1 Å². The Bertz CT molecular complexity index is 993. The minimum Gasteiger partial charge on any atom is -0.354 e. The van der Waals surface area contributed by atoms with E-state index in [4.69, 9.17) is 23.2 Å². The van der Waals surface area contributed by atoms with Gasteiger partial charge in [0.05, 0.1) is 16.8 Å². The van der Waals surface area contributed by atoms with Gasteiger partial charge in [-0.3, -0.25) is 4.72 Å². The zero-order valence-corrected chi connectivity index (χ0v) is 15.1. The van der Waals surface area contributed by atoms with Gasteiger partial charge in [0.1, 0.15) is 5.82 Å². The van der Waals surface area contributed by atoms with Gasteiger partial charge in [0.25, 0.3) is 10.0 Å². The number of sulfonamides is 1. The van der Waals surface area contributed by atoms with E-state index in [0.717, 1.165) is 5.69 Å². The molecule has 0 fully saturated rings. The van der Waals surface area contributed by atoms with Crippen molar-refractivity contribution in [3.8, 4) is 0 Å². The maximum absolute atomic E-state index is 12.3. The molecule has 0 aliphatic carbocycles. The maximum Gasteiger partial charge on any atom is 0.263 e. The molecule has 0 radical (unpaired) electrons. The van der Waals surface area contributed by atoms with Crippen molar-refractivity contribution >= 4 is 50.4 Å². The summed E-state index contributed by atoms with van der Waals surface area (Å²) < 4.78 is 27.1. The van der Waals surface area contributed by atoms with E-state index in [1.165, 1.54) is 18.3 Å². The van der Waals surface area contributed by atoms with Gasteiger partial charge in [0.15, 0.2) is 0 Å². The van der Waals surface area contributed by atoms with Crippen LogP contribution >= 0.6 is 23.2 Å². The zero-order chi connectivity index (χ0) is 17.9. The van der Waals surface area contributed by atoms with Gasteiger partial charge < -0.3 is 5.32 Å². The first kappa shape index (κ1) is 17.5. The summed E-state index contributed by atoms with van der Waals surface area (Å²) >= 11 is 11.8. The van der Waals surface area contributed by atoms with Crippen molar-refractivity contribution in [2.75, 3.05) is 10.0 Å². The van der Waals surface area contributed by atoms with E-state index in [9.17, 15) is 8.42 Å². The number of halogens is 2. The molecule has 1 aromatic heterocycles. The summed E-state index contributed by atoms with van der Waals surface area (Å²) in [7, 11) is -3.75. The van der Waals surface area contributed by atoms with E-state index in [1.54, 1.807) is 36.4 Å². The molecule has 25 heavy (non-hydrogen) atoms. The summed E-state index contributed by atoms with van der Waals surface area (Å²) in [6, 6.07) is 16.5. The quantitative estimate of drug-likeness (QED) is 0.644. The summed E-state index contributed by atoms with van der Waals surface area (Å²) in [5.74, 6) is 0.205. The standard InChI is InChI=1S/C17H13Cl2N3O2S/c18-12-3-1-5-14(9-12)21-15-7-8-17(20-11-15)22-25(23,24)16-6-2-4-13(19)10-16/h1-11,21H,(H,20,22). The van der Waals surface area contributed by atoms with Gasteiger partial charge >= 0.3 is 0 Å². The third-order valence-electron chi connectivity index (χ3n) is 3.22. The van der Waals surface area contributed by atoms with Crippen molar-refractivity contribution < 1.29 is 8.42 Å². The monoisotopic (exact) mass is 393 g/mol. The highest BCUT2D eigenvalue weighted by Gasteiger charge is 2.15. The Morgan fingerprint density at radius 1 is 0.840 bits per heavy atom. The van der Waals surface area contributed by atoms with Gasteiger partial charge in [-0.15, -0.1) is 0 Å². The Hall–Kier alpha value is -2.28. The molecule has 0 bridgehead atoms. The fraction of sp³-hybridized carbons (Fsp3) is 0. The van der Waals surface area contributed by atoms with Crippen LogP contribution in [-0.2, 0) is 10.0 Å². The lowest BCUT2D eigenvalue weighted by Crippen LogP contribution is -2.13. The summed E-state index contributed by atoms with van der Waals surface area (Å²) in [5.41, 5.74) is 1.51. The van der Waals surface area contributed by atoms with Crippen LogP contribution in [0.2, 0.25) is 10.0 Å². The SMILES string of the molecule is O=S(=O)(Nc1ccc(Nc2cccc(Cl)c2)cn1)c1cccc(Cl)c1. The molecule has 0 atom stereocenters. The second kappa shape index (κ2) is 7.31. The van der Waals surface area contributed by atoms with E-state index in [-0.39, 0.29) is 10.7 Å². The van der Waals surface area contributed by atoms with Gasteiger partial charge in [-0.25, -0.2) is 13.4 Å². The van der Waals surface area contributed by atoms with Crippen LogP contribution in [0.4, 0.5) is 17.2 Å². The number of nitrogens with zero attached hydrogens (tertiary/aromatic N) is 1. The van der Waals surface area contributed by atoms with Crippen LogP contribution in [0.1, 0.15) is 0 Å². The second-order valence-electron chi connectivity index (χ2n) is 5.13. The van der Waals surface area contributed by atoms with Crippen LogP contribution in [0.3, 0.4) is 0 Å². The molecule has 3 aromatic rings. The molecule has 0 saturated carbocycles. The highest BCUT2D eigenvalue weighted by Crippen LogP contribution is 2.22. The molecule has 0 spiro atoms. The highest BCUT2D eigenvalue weighted by atomic mass is 35.5. The Morgan fingerprint density at radius 2 is 1.56 bits per heavy atom. The van der Waals surface area contributed by atoms with Crippen molar-refractivity contribution in [2.45, 2.75) is 4.90 Å². The molecule has 1 heterocycles. The molecule has 2 N–H and O–H groups in total. The number of rotatable bonds is 5. The van der Waals surface area contributed by atoms with Crippen LogP contribution < -0.4 is 10.0 Å². The first-order valence-corrected chi connectivity index (χ1v) is 9.43. The molecule has 2 aromatic carbocycles. The smallest absolute Gasteiger partial charge is 0.263 e. The third kappa shape index (κ3) is 4.63. The van der Waals surface area contributed by atoms with Gasteiger partial charge in [-0.05, 0) is 48.5 Å². The highest BCUT2D eigenvalue weighted by molar-refractivity contribution is 7.92. The van der Waals surface area contributed by atoms with Crippen molar-refractivity contribution in [1.82, 2.24) is 4.98 Å². The topological polar surface area (TPSA) is 71.1 Å². The molecule has 3 rings (SSSR count). The van der Waals surface area contributed by atoms with Crippen LogP contribution in [-0.4, -0.2) is 13.4 Å². The van der Waals surface area contributed by atoms with Crippen LogP contribution in [0.5, 0.6) is 0 Å². The molecule has 5 nitrogen and oxygen atoms in total. The van der Waals surface area contributed by atoms with Gasteiger partial charge in [-0.1, -0.05) is 35.3 Å². The average Bonchev–Trinajstić information content (AvgIpc) is 2.56. The molecule has 0 unspecified atom stereocenters. The predicted molar refractivity (Wildman–Crippen MR) is 101 cm³/mol. The number of anilines is 3. The van der Waals surface area contributed by atoms with Gasteiger partial charge in [0.2, 0.25) is 0 Å². The molecule has 0 amide bonds. The summed E-state index contributed by atoms with van der Waals surface area (Å²) in [4.78, 5) is 4.18. The summed E-state index contributed by atoms with van der Waals surface area (Å²) in [6.07, 6.45) is 1.52. The lowest BCUT2D eigenvalue weighted by Gasteiger charge is -2.09. The minimum absolute atomic E-state index is 0.0722. The Labute approximate surface area is 155 Å². The number of hydrogen-bond donors (Lipinski definition) is 2. The molecular formula is C17H13Cl2N3O2S. The Kier molecular flexibility index (Phi) is 5.13. The lowest BCUT2D eigenvalue weighted by atomic mass is 10.3. The predicted octanol–water partition coefficient (Wildman–Crippen LogP) is 4.93. The van der Waals surface area contributed by atoms with Gasteiger partial charge in [0, 0.05) is 15.7 Å². The van der Waals surface area contributed by atoms with Crippen molar-refractivity contribution in [3.63, 3.8) is 0 Å². The van der Waals surface area contributed by atoms with Crippen LogP contribution in [0.15, 0.2) is 71.8 Å². The van der Waals surface area contributed by atoms with Crippen molar-refractivity contribution in [2.24, 2.45) is 0 Å². The number of nitrogens with one attached hydrogen (secondary N) is 2. The molecule has 0 aliphatic rings. The number of hydrogen-bond acceptors (Lipinski definition) is 4. The molecule has 0 saturated heterocycles. The molecule has 128 valence electrons. The number of aromatic nitrogens is 1. The molecule has 8 heteroatoms. The molecular weight excluding hydrogens is 381 g/mol. The van der Waals surface area contributed by atoms with Crippen molar-refractivity contribution in [3.05, 3.63) is 76.9 Å². The van der Waals surface area contributed by atoms with E-state index in [2.05, 4.69) is 15.0 Å². The Balaban J connectivity index is 1.74. The molecule has 0 aliphatic heterocycles. The zero-order valence-electron chi connectivity index (χ0n) is 12.8. The Morgan fingerprint density at radius 3 is 2.20 bits per heavy atom. The van der Waals surface area contributed by atoms with Gasteiger partial charge in [-0.2, -0.15) is 0 Å². The largest absolute Gasteiger partial charge is 0.354 e. The van der Waals surface area contributed by atoms with E-state index in [0.29, 0.717) is 15.7 Å². The van der Waals surface area contributed by atoms with E-state index < -0.39 is 10.0 Å². The first-order chi connectivity index (χ1) is 11.9. The average molecular weight is 394 g/mol. The normalized spacial score (nSPS) is 11.1. The summed E-state index contributed by atoms with van der Waals surface area (Å²) in [6.45, 7) is 0. The fourth-order valence-electron chi connectivity index (χ4n) is 2.09. The summed E-state index contributed by atoms with van der Waals surface area (Å²) in [5, 5.41) is 4.09. The van der Waals surface area contributed by atoms with Crippen LogP contribution in [0, 0.1) is 0 Å². The van der Waals surface area contributed by atoms with E-state index >= 15 is 0 Å². The maximum atomic E-state index is 12.3. The fourth-order valence-corrected chi connectivity index (χ4v) is 3.59. The van der Waals surface area contributed by atoms with Crippen molar-refractivity contribution in [1.29, 1.82) is 0 Å². The number of benzene rings is 2. The first-order valence-electron chi connectivity index (χ1n) is 7.19. The van der Waals surface area contributed by atoms with Crippen LogP contribution in [0.25, 0.3) is 0 Å². The second-order valence-corrected chi connectivity index (χ2v) is 7.69. The number of pyridine rings is 1. The lowest BCUT2D eigenvalue weighted by molar-refractivity contribution is 0.601. The minimum atomic E-state index is -3.75. The third-order valence-corrected chi connectivity index (χ3v) is 5.04.